The van der Waals surface area contributed by atoms with Gasteiger partial charge in [0, 0.05) is 13.7 Å². The maximum atomic E-state index is 9.97. The third-order valence-electron chi connectivity index (χ3n) is 3.77. The number of hydrogen-bond donors (Lipinski definition) is 2. The molecule has 130 valence electrons. The van der Waals surface area contributed by atoms with Gasteiger partial charge in [0.1, 0.15) is 18.5 Å². The van der Waals surface area contributed by atoms with E-state index in [2.05, 4.69) is 17.4 Å². The highest BCUT2D eigenvalue weighted by atomic mass is 16.5. The lowest BCUT2D eigenvalue weighted by atomic mass is 10.1. The van der Waals surface area contributed by atoms with E-state index in [1.807, 2.05) is 42.5 Å². The minimum absolute atomic E-state index is 0.287. The van der Waals surface area contributed by atoms with Crippen LogP contribution < -0.4 is 10.1 Å². The zero-order valence-electron chi connectivity index (χ0n) is 14.3. The van der Waals surface area contributed by atoms with Crippen molar-refractivity contribution in [3.8, 4) is 5.75 Å². The first kappa shape index (κ1) is 18.5. The first-order valence-corrected chi connectivity index (χ1v) is 8.41. The number of nitrogens with one attached hydrogen (secondary N) is 1. The zero-order valence-corrected chi connectivity index (χ0v) is 14.3. The molecule has 2 aromatic carbocycles. The summed E-state index contributed by atoms with van der Waals surface area (Å²) in [5, 5.41) is 13.2. The summed E-state index contributed by atoms with van der Waals surface area (Å²) in [5.74, 6) is 0.777. The monoisotopic (exact) mass is 329 g/mol. The van der Waals surface area contributed by atoms with Crippen molar-refractivity contribution in [1.29, 1.82) is 0 Å². The lowest BCUT2D eigenvalue weighted by Crippen LogP contribution is -2.32. The molecular formula is C20H27NO3. The molecule has 0 bridgehead atoms. The van der Waals surface area contributed by atoms with Gasteiger partial charge in [-0.2, -0.15) is 0 Å². The summed E-state index contributed by atoms with van der Waals surface area (Å²) in [5.41, 5.74) is 2.51. The van der Waals surface area contributed by atoms with Crippen LogP contribution in [0, 0.1) is 0 Å². The van der Waals surface area contributed by atoms with E-state index in [1.54, 1.807) is 7.11 Å². The smallest absolute Gasteiger partial charge is 0.119 e. The van der Waals surface area contributed by atoms with Gasteiger partial charge >= 0.3 is 0 Å². The molecule has 2 N–H and O–H groups in total. The molecule has 24 heavy (non-hydrogen) atoms. The number of methoxy groups -OCH3 is 1. The van der Waals surface area contributed by atoms with Crippen molar-refractivity contribution in [2.45, 2.75) is 18.9 Å². The van der Waals surface area contributed by atoms with E-state index in [-0.39, 0.29) is 6.61 Å². The second-order valence-electron chi connectivity index (χ2n) is 5.79. The normalized spacial score (nSPS) is 12.1. The predicted molar refractivity (Wildman–Crippen MR) is 96.5 cm³/mol. The lowest BCUT2D eigenvalue weighted by molar-refractivity contribution is 0.106. The van der Waals surface area contributed by atoms with Crippen molar-refractivity contribution in [3.63, 3.8) is 0 Å². The van der Waals surface area contributed by atoms with Gasteiger partial charge in [0.25, 0.3) is 0 Å². The molecule has 0 aliphatic heterocycles. The maximum Gasteiger partial charge on any atom is 0.119 e. The Morgan fingerprint density at radius 1 is 0.958 bits per heavy atom. The van der Waals surface area contributed by atoms with E-state index in [0.29, 0.717) is 13.2 Å². The van der Waals surface area contributed by atoms with Crippen LogP contribution in [0.3, 0.4) is 0 Å². The lowest BCUT2D eigenvalue weighted by Gasteiger charge is -2.13. The number of aliphatic hydroxyl groups excluding tert-OH is 1. The van der Waals surface area contributed by atoms with Gasteiger partial charge in [-0.3, -0.25) is 0 Å². The van der Waals surface area contributed by atoms with Crippen LogP contribution in [0.15, 0.2) is 54.6 Å². The van der Waals surface area contributed by atoms with Crippen molar-refractivity contribution in [1.82, 2.24) is 5.32 Å². The standard InChI is InChI=1S/C20H27NO3/c1-23-14-12-18-7-9-20(10-8-18)24-16-19(22)15-21-13-11-17-5-3-2-4-6-17/h2-10,19,21-22H,11-16H2,1H3. The third-order valence-corrected chi connectivity index (χ3v) is 3.77. The zero-order chi connectivity index (χ0) is 17.0. The Balaban J connectivity index is 1.59. The van der Waals surface area contributed by atoms with E-state index >= 15 is 0 Å². The summed E-state index contributed by atoms with van der Waals surface area (Å²) < 4.78 is 10.7. The van der Waals surface area contributed by atoms with Crippen LogP contribution in [-0.4, -0.2) is 44.6 Å². The van der Waals surface area contributed by atoms with Gasteiger partial charge in [0.05, 0.1) is 6.61 Å². The van der Waals surface area contributed by atoms with Gasteiger partial charge < -0.3 is 19.9 Å². The molecule has 1 atom stereocenters. The highest BCUT2D eigenvalue weighted by Crippen LogP contribution is 2.13. The Bertz CT molecular complexity index is 557. The Morgan fingerprint density at radius 2 is 1.67 bits per heavy atom. The SMILES string of the molecule is COCCc1ccc(OCC(O)CNCCc2ccccc2)cc1. The average Bonchev–Trinajstić information content (AvgIpc) is 2.63. The molecule has 0 aromatic heterocycles. The molecule has 2 aromatic rings. The minimum atomic E-state index is -0.519. The molecule has 0 saturated heterocycles. The van der Waals surface area contributed by atoms with Gasteiger partial charge in [0.2, 0.25) is 0 Å². The van der Waals surface area contributed by atoms with Crippen LogP contribution in [0.2, 0.25) is 0 Å². The van der Waals surface area contributed by atoms with Crippen LogP contribution in [0.1, 0.15) is 11.1 Å². The molecule has 0 aliphatic carbocycles. The first-order valence-electron chi connectivity index (χ1n) is 8.41. The highest BCUT2D eigenvalue weighted by Gasteiger charge is 2.05. The van der Waals surface area contributed by atoms with Crippen molar-refractivity contribution in [2.75, 3.05) is 33.4 Å². The van der Waals surface area contributed by atoms with E-state index < -0.39 is 6.10 Å². The summed E-state index contributed by atoms with van der Waals surface area (Å²) in [6.07, 6.45) is 1.33. The second kappa shape index (κ2) is 10.8. The molecule has 4 heteroatoms. The fourth-order valence-corrected chi connectivity index (χ4v) is 2.37. The van der Waals surface area contributed by atoms with Crippen molar-refractivity contribution in [2.24, 2.45) is 0 Å². The summed E-state index contributed by atoms with van der Waals surface area (Å²) in [6, 6.07) is 18.2. The number of rotatable bonds is 11. The molecule has 0 saturated carbocycles. The van der Waals surface area contributed by atoms with E-state index in [4.69, 9.17) is 9.47 Å². The quantitative estimate of drug-likeness (QED) is 0.622. The number of benzene rings is 2. The molecular weight excluding hydrogens is 302 g/mol. The number of ether oxygens (including phenoxy) is 2. The van der Waals surface area contributed by atoms with Crippen molar-refractivity contribution in [3.05, 3.63) is 65.7 Å². The van der Waals surface area contributed by atoms with Crippen LogP contribution >= 0.6 is 0 Å². The summed E-state index contributed by atoms with van der Waals surface area (Å²) in [6.45, 7) is 2.37. The molecule has 0 radical (unpaired) electrons. The fourth-order valence-electron chi connectivity index (χ4n) is 2.37. The van der Waals surface area contributed by atoms with Crippen LogP contribution in [0.4, 0.5) is 0 Å². The average molecular weight is 329 g/mol. The van der Waals surface area contributed by atoms with Gasteiger partial charge in [-0.25, -0.2) is 0 Å². The van der Waals surface area contributed by atoms with Crippen LogP contribution in [-0.2, 0) is 17.6 Å². The molecule has 1 unspecified atom stereocenters. The largest absolute Gasteiger partial charge is 0.491 e. The van der Waals surface area contributed by atoms with E-state index in [1.165, 1.54) is 11.1 Å². The summed E-state index contributed by atoms with van der Waals surface area (Å²) in [4.78, 5) is 0. The van der Waals surface area contributed by atoms with Crippen LogP contribution in [0.25, 0.3) is 0 Å². The third kappa shape index (κ3) is 7.13. The van der Waals surface area contributed by atoms with Gasteiger partial charge in [-0.05, 0) is 42.6 Å². The number of aliphatic hydroxyl groups is 1. The Labute approximate surface area is 144 Å². The molecule has 0 heterocycles. The highest BCUT2D eigenvalue weighted by molar-refractivity contribution is 5.27. The van der Waals surface area contributed by atoms with Crippen molar-refractivity contribution < 1.29 is 14.6 Å². The van der Waals surface area contributed by atoms with Crippen LogP contribution in [0.5, 0.6) is 5.75 Å². The predicted octanol–water partition coefficient (Wildman–Crippen LogP) is 2.45. The Kier molecular flexibility index (Phi) is 8.32. The van der Waals surface area contributed by atoms with E-state index in [0.717, 1.165) is 25.1 Å². The van der Waals surface area contributed by atoms with Gasteiger partial charge in [-0.1, -0.05) is 42.5 Å². The maximum absolute atomic E-state index is 9.97. The molecule has 0 amide bonds. The first-order chi connectivity index (χ1) is 11.8. The van der Waals surface area contributed by atoms with E-state index in [9.17, 15) is 5.11 Å². The fraction of sp³-hybridized carbons (Fsp3) is 0.400. The topological polar surface area (TPSA) is 50.7 Å². The molecule has 0 aliphatic rings. The Morgan fingerprint density at radius 3 is 2.38 bits per heavy atom. The van der Waals surface area contributed by atoms with Crippen molar-refractivity contribution >= 4 is 0 Å². The molecule has 0 spiro atoms. The minimum Gasteiger partial charge on any atom is -0.491 e. The summed E-state index contributed by atoms with van der Waals surface area (Å²) in [7, 11) is 1.70. The molecule has 2 rings (SSSR count). The Hall–Kier alpha value is -1.88. The molecule has 4 nitrogen and oxygen atoms in total. The van der Waals surface area contributed by atoms with Gasteiger partial charge in [-0.15, -0.1) is 0 Å². The second-order valence-corrected chi connectivity index (χ2v) is 5.79. The number of hydrogen-bond acceptors (Lipinski definition) is 4. The van der Waals surface area contributed by atoms with Gasteiger partial charge in [0.15, 0.2) is 0 Å². The molecule has 0 fully saturated rings. The summed E-state index contributed by atoms with van der Waals surface area (Å²) >= 11 is 0.